The lowest BCUT2D eigenvalue weighted by molar-refractivity contribution is -0.231. The molecule has 3 N–H and O–H groups in total. The van der Waals surface area contributed by atoms with E-state index in [9.17, 15) is 9.18 Å². The summed E-state index contributed by atoms with van der Waals surface area (Å²) in [5, 5.41) is 6.28. The van der Waals surface area contributed by atoms with E-state index in [2.05, 4.69) is 30.5 Å². The van der Waals surface area contributed by atoms with E-state index in [0.717, 1.165) is 31.7 Å². The monoisotopic (exact) mass is 598 g/mol. The van der Waals surface area contributed by atoms with Gasteiger partial charge < -0.3 is 25.1 Å². The van der Waals surface area contributed by atoms with Gasteiger partial charge in [0.2, 0.25) is 18.1 Å². The molecule has 2 aromatic heterocycles. The molecule has 11 nitrogen and oxygen atoms in total. The molecule has 228 valence electrons. The Morgan fingerprint density at radius 3 is 2.64 bits per heavy atom. The lowest BCUT2D eigenvalue weighted by atomic mass is 9.91. The zero-order valence-electron chi connectivity index (χ0n) is 24.5. The summed E-state index contributed by atoms with van der Waals surface area (Å²) in [6, 6.07) is 17.6. The molecule has 2 aliphatic rings. The van der Waals surface area contributed by atoms with Crippen molar-refractivity contribution in [2.75, 3.05) is 44.8 Å². The number of aliphatic imine (C=N–C) groups is 1. The Bertz CT molecular complexity index is 1580. The Labute approximate surface area is 255 Å². The minimum absolute atomic E-state index is 0.144. The van der Waals surface area contributed by atoms with Gasteiger partial charge in [0, 0.05) is 44.2 Å². The fourth-order valence-electron chi connectivity index (χ4n) is 5.05. The topological polar surface area (TPSA) is 130 Å². The molecule has 0 atom stereocenters. The Balaban J connectivity index is 1.16. The van der Waals surface area contributed by atoms with Crippen LogP contribution in [0.1, 0.15) is 31.0 Å². The molecule has 4 aromatic rings. The number of aromatic amines is 1. The second-order valence-electron chi connectivity index (χ2n) is 11.2. The lowest BCUT2D eigenvalue weighted by Crippen LogP contribution is -2.48. The second kappa shape index (κ2) is 13.4. The average molecular weight is 599 g/mol. The normalized spacial score (nSPS) is 20.1. The summed E-state index contributed by atoms with van der Waals surface area (Å²) in [5.41, 5.74) is 2.64. The Morgan fingerprint density at radius 2 is 1.89 bits per heavy atom. The van der Waals surface area contributed by atoms with Gasteiger partial charge in [0.25, 0.3) is 0 Å². The van der Waals surface area contributed by atoms with Crippen molar-refractivity contribution in [1.82, 2.24) is 30.2 Å². The number of anilines is 1. The molecule has 2 aliphatic heterocycles. The Kier molecular flexibility index (Phi) is 9.01. The molecule has 6 rings (SSSR count). The first-order chi connectivity index (χ1) is 21.5. The number of aromatic nitrogens is 4. The number of ether oxygens (including phenoxy) is 2. The van der Waals surface area contributed by atoms with Crippen LogP contribution in [0.4, 0.5) is 10.3 Å². The van der Waals surface area contributed by atoms with Gasteiger partial charge in [-0.1, -0.05) is 30.3 Å². The fraction of sp³-hybridized carbons (Fsp3) is 0.344. The number of nitrogens with zero attached hydrogens (tertiary/aromatic N) is 5. The van der Waals surface area contributed by atoms with Crippen LogP contribution in [0.5, 0.6) is 0 Å². The van der Waals surface area contributed by atoms with Gasteiger partial charge in [-0.05, 0) is 49.2 Å². The Hall–Kier alpha value is -4.52. The van der Waals surface area contributed by atoms with Crippen LogP contribution in [0.2, 0.25) is 0 Å². The highest BCUT2D eigenvalue weighted by atomic mass is 19.1. The number of benzene rings is 2. The van der Waals surface area contributed by atoms with E-state index >= 15 is 0 Å². The standard InChI is InChI=1S/C32H35FN8O3/c1-32(30(42)37-18-22-6-3-2-4-7-22)19-43-29(44-20-32)28-39-26(23-8-10-24(33)11-9-23)27(40-28)25-12-14-36-31(38-25)35-13-5-16-41-17-15-34-21-41/h2-4,6-12,14-15,29H,5,13,16-21H2,1H3,(H,37,42)(H,39,40)(H,35,36,38). The van der Waals surface area contributed by atoms with Crippen LogP contribution in [0.25, 0.3) is 22.6 Å². The van der Waals surface area contributed by atoms with Crippen molar-refractivity contribution >= 4 is 18.1 Å². The van der Waals surface area contributed by atoms with Crippen molar-refractivity contribution in [3.8, 4) is 22.6 Å². The fourth-order valence-corrected chi connectivity index (χ4v) is 5.05. The zero-order valence-corrected chi connectivity index (χ0v) is 24.5. The van der Waals surface area contributed by atoms with Crippen LogP contribution < -0.4 is 10.6 Å². The van der Waals surface area contributed by atoms with Gasteiger partial charge in [0.1, 0.15) is 5.82 Å². The van der Waals surface area contributed by atoms with Crippen molar-refractivity contribution < 1.29 is 18.7 Å². The summed E-state index contributed by atoms with van der Waals surface area (Å²) in [6.07, 6.45) is 3.71. The van der Waals surface area contributed by atoms with Gasteiger partial charge >= 0.3 is 0 Å². The van der Waals surface area contributed by atoms with Crippen LogP contribution in [0, 0.1) is 11.2 Å². The maximum absolute atomic E-state index is 13.8. The maximum atomic E-state index is 13.8. The highest BCUT2D eigenvalue weighted by molar-refractivity contribution is 5.82. The summed E-state index contributed by atoms with van der Waals surface area (Å²) in [6.45, 7) is 5.79. The molecule has 0 saturated carbocycles. The van der Waals surface area contributed by atoms with Gasteiger partial charge in [-0.3, -0.25) is 14.7 Å². The van der Waals surface area contributed by atoms with Gasteiger partial charge in [-0.2, -0.15) is 0 Å². The Morgan fingerprint density at radius 1 is 1.09 bits per heavy atom. The number of rotatable bonds is 11. The number of carbonyl (C=O) groups excluding carboxylic acids is 1. The minimum Gasteiger partial charge on any atom is -0.354 e. The average Bonchev–Trinajstić information content (AvgIpc) is 3.74. The van der Waals surface area contributed by atoms with Gasteiger partial charge in [0.15, 0.2) is 5.82 Å². The van der Waals surface area contributed by atoms with Crippen LogP contribution in [-0.2, 0) is 20.8 Å². The molecule has 2 aromatic carbocycles. The quantitative estimate of drug-likeness (QED) is 0.219. The molecule has 1 amide bonds. The van der Waals surface area contributed by atoms with E-state index in [0.29, 0.717) is 47.5 Å². The highest BCUT2D eigenvalue weighted by Crippen LogP contribution is 2.35. The molecule has 0 spiro atoms. The summed E-state index contributed by atoms with van der Waals surface area (Å²) in [7, 11) is 0. The van der Waals surface area contributed by atoms with E-state index in [4.69, 9.17) is 19.4 Å². The van der Waals surface area contributed by atoms with E-state index in [1.807, 2.05) is 43.5 Å². The molecule has 12 heteroatoms. The third-order valence-electron chi connectivity index (χ3n) is 7.61. The van der Waals surface area contributed by atoms with E-state index in [1.54, 1.807) is 24.4 Å². The van der Waals surface area contributed by atoms with Crippen molar-refractivity contribution in [1.29, 1.82) is 0 Å². The first-order valence-corrected chi connectivity index (χ1v) is 14.7. The molecule has 4 heterocycles. The van der Waals surface area contributed by atoms with Crippen molar-refractivity contribution in [2.45, 2.75) is 26.2 Å². The third kappa shape index (κ3) is 6.99. The number of hydrogen-bond donors (Lipinski definition) is 3. The van der Waals surface area contributed by atoms with Gasteiger partial charge in [0.05, 0.1) is 42.4 Å². The van der Waals surface area contributed by atoms with Crippen LogP contribution >= 0.6 is 0 Å². The number of H-pyrrole nitrogens is 1. The first kappa shape index (κ1) is 29.5. The molecular formula is C32H35FN8O3. The van der Waals surface area contributed by atoms with E-state index in [1.165, 1.54) is 12.1 Å². The van der Waals surface area contributed by atoms with Crippen molar-refractivity contribution in [2.24, 2.45) is 10.4 Å². The van der Waals surface area contributed by atoms with E-state index < -0.39 is 11.7 Å². The van der Waals surface area contributed by atoms with Crippen molar-refractivity contribution in [3.63, 3.8) is 0 Å². The minimum atomic E-state index is -0.866. The molecule has 1 fully saturated rings. The van der Waals surface area contributed by atoms with E-state index in [-0.39, 0.29) is 24.9 Å². The predicted molar refractivity (Wildman–Crippen MR) is 164 cm³/mol. The SMILES string of the molecule is CC1(C(=O)NCc2ccccc2)COC(c2nc(-c3ccc(F)cc3)c(-c3ccnc(NCCCN4CC=NC4)n3)[nH]2)OC1. The molecule has 0 aliphatic carbocycles. The number of halogens is 1. The number of amides is 1. The molecule has 0 unspecified atom stereocenters. The van der Waals surface area contributed by atoms with Crippen LogP contribution in [0.15, 0.2) is 71.9 Å². The van der Waals surface area contributed by atoms with Crippen LogP contribution in [-0.4, -0.2) is 76.5 Å². The highest BCUT2D eigenvalue weighted by Gasteiger charge is 2.40. The van der Waals surface area contributed by atoms with Crippen LogP contribution in [0.3, 0.4) is 0 Å². The van der Waals surface area contributed by atoms with Crippen molar-refractivity contribution in [3.05, 3.63) is 84.1 Å². The number of nitrogens with one attached hydrogen (secondary N) is 3. The first-order valence-electron chi connectivity index (χ1n) is 14.7. The molecule has 1 saturated heterocycles. The zero-order chi connectivity index (χ0) is 30.4. The summed E-state index contributed by atoms with van der Waals surface area (Å²) < 4.78 is 25.9. The third-order valence-corrected chi connectivity index (χ3v) is 7.61. The number of hydrogen-bond acceptors (Lipinski definition) is 9. The number of imidazole rings is 1. The molecule has 0 radical (unpaired) electrons. The maximum Gasteiger partial charge on any atom is 0.230 e. The number of carbonyl (C=O) groups is 1. The molecule has 0 bridgehead atoms. The largest absolute Gasteiger partial charge is 0.354 e. The summed E-state index contributed by atoms with van der Waals surface area (Å²) in [4.78, 5) is 36.8. The predicted octanol–water partition coefficient (Wildman–Crippen LogP) is 4.19. The summed E-state index contributed by atoms with van der Waals surface area (Å²) >= 11 is 0. The summed E-state index contributed by atoms with van der Waals surface area (Å²) in [5.74, 6) is 0.418. The van der Waals surface area contributed by atoms with Gasteiger partial charge in [-0.25, -0.2) is 19.3 Å². The van der Waals surface area contributed by atoms with Gasteiger partial charge in [-0.15, -0.1) is 0 Å². The lowest BCUT2D eigenvalue weighted by Gasteiger charge is -2.35. The second-order valence-corrected chi connectivity index (χ2v) is 11.2. The molecule has 44 heavy (non-hydrogen) atoms. The molecular weight excluding hydrogens is 563 g/mol. The smallest absolute Gasteiger partial charge is 0.230 e.